The summed E-state index contributed by atoms with van der Waals surface area (Å²) in [7, 11) is 3.72. The van der Waals surface area contributed by atoms with E-state index in [1.165, 1.54) is 32.5 Å². The molecule has 0 aromatic carbocycles. The Kier molecular flexibility index (Phi) is 8.19. The maximum absolute atomic E-state index is 12.7. The molecule has 1 saturated carbocycles. The predicted molar refractivity (Wildman–Crippen MR) is 108 cm³/mol. The van der Waals surface area contributed by atoms with Crippen LogP contribution in [0.5, 0.6) is 0 Å². The number of aliphatic imine (C=N–C) groups is 1. The molecule has 0 aromatic heterocycles. The van der Waals surface area contributed by atoms with Gasteiger partial charge in [-0.3, -0.25) is 9.79 Å². The molecule has 1 aliphatic carbocycles. The molecule has 2 fully saturated rings. The summed E-state index contributed by atoms with van der Waals surface area (Å²) in [5.74, 6) is 1.79. The predicted octanol–water partition coefficient (Wildman–Crippen LogP) is 1.92. The van der Waals surface area contributed by atoms with E-state index in [-0.39, 0.29) is 11.3 Å². The molecule has 1 aliphatic heterocycles. The number of nitrogens with one attached hydrogen (secondary N) is 2. The fourth-order valence-electron chi connectivity index (χ4n) is 4.38. The summed E-state index contributed by atoms with van der Waals surface area (Å²) in [6.07, 6.45) is 6.67. The van der Waals surface area contributed by atoms with Crippen molar-refractivity contribution in [2.75, 3.05) is 53.4 Å². The van der Waals surface area contributed by atoms with Crippen LogP contribution in [0.25, 0.3) is 0 Å². The zero-order valence-electron chi connectivity index (χ0n) is 17.3. The number of guanidine groups is 1. The normalized spacial score (nSPS) is 23.2. The topological polar surface area (TPSA) is 60.0 Å². The molecule has 2 N–H and O–H groups in total. The fraction of sp³-hybridized carbons (Fsp3) is 0.900. The molecule has 0 aromatic rings. The van der Waals surface area contributed by atoms with E-state index in [1.54, 1.807) is 4.90 Å². The van der Waals surface area contributed by atoms with E-state index in [4.69, 9.17) is 4.99 Å². The standard InChI is InChI=1S/C20H39N5O/c1-5-12-25-13-9-17(15-25)14-22-19(21-6-2)23-16-20(10-7-8-11-20)18(26)24(3)4/h17H,5-16H2,1-4H3,(H2,21,22,23). The van der Waals surface area contributed by atoms with Crippen molar-refractivity contribution in [1.82, 2.24) is 20.4 Å². The second kappa shape index (κ2) is 10.1. The summed E-state index contributed by atoms with van der Waals surface area (Å²) in [6, 6.07) is 0. The highest BCUT2D eigenvalue weighted by molar-refractivity contribution is 5.84. The Morgan fingerprint density at radius 1 is 1.23 bits per heavy atom. The third kappa shape index (κ3) is 5.60. The van der Waals surface area contributed by atoms with Gasteiger partial charge in [0, 0.05) is 33.7 Å². The number of hydrogen-bond acceptors (Lipinski definition) is 3. The molecule has 26 heavy (non-hydrogen) atoms. The highest BCUT2D eigenvalue weighted by atomic mass is 16.2. The zero-order chi connectivity index (χ0) is 19.0. The minimum atomic E-state index is -0.295. The lowest BCUT2D eigenvalue weighted by Crippen LogP contribution is -2.44. The molecule has 1 amide bonds. The van der Waals surface area contributed by atoms with Crippen LogP contribution in [0.4, 0.5) is 0 Å². The number of carbonyl (C=O) groups excluding carboxylic acids is 1. The maximum Gasteiger partial charge on any atom is 0.230 e. The van der Waals surface area contributed by atoms with E-state index in [9.17, 15) is 4.79 Å². The highest BCUT2D eigenvalue weighted by Crippen LogP contribution is 2.39. The van der Waals surface area contributed by atoms with E-state index in [0.717, 1.165) is 44.7 Å². The molecule has 1 atom stereocenters. The number of rotatable bonds is 8. The second-order valence-corrected chi connectivity index (χ2v) is 8.22. The summed E-state index contributed by atoms with van der Waals surface area (Å²) in [5.41, 5.74) is -0.295. The SMILES string of the molecule is CCCN1CCC(CNC(=NCC2(C(=O)N(C)C)CCCC2)NCC)C1. The van der Waals surface area contributed by atoms with Crippen LogP contribution >= 0.6 is 0 Å². The van der Waals surface area contributed by atoms with Crippen LogP contribution in [0.3, 0.4) is 0 Å². The van der Waals surface area contributed by atoms with Gasteiger partial charge in [0.25, 0.3) is 0 Å². The van der Waals surface area contributed by atoms with Crippen LogP contribution < -0.4 is 10.6 Å². The van der Waals surface area contributed by atoms with Gasteiger partial charge in [-0.1, -0.05) is 19.8 Å². The molecule has 6 nitrogen and oxygen atoms in total. The summed E-state index contributed by atoms with van der Waals surface area (Å²) in [5, 5.41) is 6.87. The average molecular weight is 366 g/mol. The van der Waals surface area contributed by atoms with Crippen LogP contribution in [-0.2, 0) is 4.79 Å². The van der Waals surface area contributed by atoms with E-state index < -0.39 is 0 Å². The van der Waals surface area contributed by atoms with Crippen molar-refractivity contribution in [3.63, 3.8) is 0 Å². The van der Waals surface area contributed by atoms with Crippen molar-refractivity contribution < 1.29 is 4.79 Å². The summed E-state index contributed by atoms with van der Waals surface area (Å²) in [6.45, 7) is 10.3. The lowest BCUT2D eigenvalue weighted by atomic mass is 9.85. The van der Waals surface area contributed by atoms with Gasteiger partial charge in [0.15, 0.2) is 5.96 Å². The zero-order valence-corrected chi connectivity index (χ0v) is 17.3. The van der Waals surface area contributed by atoms with Gasteiger partial charge in [-0.15, -0.1) is 0 Å². The lowest BCUT2D eigenvalue weighted by Gasteiger charge is -2.29. The molecule has 0 spiro atoms. The maximum atomic E-state index is 12.7. The minimum Gasteiger partial charge on any atom is -0.357 e. The third-order valence-corrected chi connectivity index (χ3v) is 5.77. The molecular formula is C20H39N5O. The summed E-state index contributed by atoms with van der Waals surface area (Å²) >= 11 is 0. The Bertz CT molecular complexity index is 471. The number of hydrogen-bond donors (Lipinski definition) is 2. The lowest BCUT2D eigenvalue weighted by molar-refractivity contribution is -0.138. The molecule has 2 rings (SSSR count). The van der Waals surface area contributed by atoms with E-state index >= 15 is 0 Å². The molecule has 1 unspecified atom stereocenters. The Balaban J connectivity index is 1.92. The Labute approximate surface area is 159 Å². The van der Waals surface area contributed by atoms with Gasteiger partial charge in [-0.2, -0.15) is 0 Å². The molecule has 1 heterocycles. The molecule has 6 heteroatoms. The first-order chi connectivity index (χ1) is 12.5. The van der Waals surface area contributed by atoms with Crippen molar-refractivity contribution in [2.45, 2.75) is 52.4 Å². The summed E-state index contributed by atoms with van der Waals surface area (Å²) in [4.78, 5) is 21.8. The molecular weight excluding hydrogens is 326 g/mol. The first-order valence-corrected chi connectivity index (χ1v) is 10.5. The molecule has 0 bridgehead atoms. The smallest absolute Gasteiger partial charge is 0.230 e. The fourth-order valence-corrected chi connectivity index (χ4v) is 4.38. The van der Waals surface area contributed by atoms with E-state index in [0.29, 0.717) is 12.5 Å². The van der Waals surface area contributed by atoms with Gasteiger partial charge in [0.2, 0.25) is 5.91 Å². The van der Waals surface area contributed by atoms with E-state index in [1.807, 2.05) is 14.1 Å². The average Bonchev–Trinajstić information content (AvgIpc) is 3.27. The van der Waals surface area contributed by atoms with E-state index in [2.05, 4.69) is 29.4 Å². The molecule has 0 radical (unpaired) electrons. The van der Waals surface area contributed by atoms with Crippen molar-refractivity contribution in [1.29, 1.82) is 0 Å². The molecule has 2 aliphatic rings. The van der Waals surface area contributed by atoms with Crippen molar-refractivity contribution in [2.24, 2.45) is 16.3 Å². The Hall–Kier alpha value is -1.30. The van der Waals surface area contributed by atoms with Gasteiger partial charge in [-0.05, 0) is 51.6 Å². The van der Waals surface area contributed by atoms with Crippen LogP contribution in [0.1, 0.15) is 52.4 Å². The third-order valence-electron chi connectivity index (χ3n) is 5.77. The van der Waals surface area contributed by atoms with Gasteiger partial charge in [0.1, 0.15) is 0 Å². The first-order valence-electron chi connectivity index (χ1n) is 10.5. The number of amides is 1. The largest absolute Gasteiger partial charge is 0.357 e. The number of carbonyl (C=O) groups is 1. The highest BCUT2D eigenvalue weighted by Gasteiger charge is 2.42. The van der Waals surface area contributed by atoms with Crippen LogP contribution in [0, 0.1) is 11.3 Å². The van der Waals surface area contributed by atoms with Gasteiger partial charge in [0.05, 0.1) is 12.0 Å². The van der Waals surface area contributed by atoms with Crippen LogP contribution in [-0.4, -0.2) is 75.0 Å². The monoisotopic (exact) mass is 365 g/mol. The van der Waals surface area contributed by atoms with Gasteiger partial charge in [-0.25, -0.2) is 0 Å². The first kappa shape index (κ1) is 21.0. The van der Waals surface area contributed by atoms with Crippen LogP contribution in [0.2, 0.25) is 0 Å². The van der Waals surface area contributed by atoms with Gasteiger partial charge < -0.3 is 20.4 Å². The van der Waals surface area contributed by atoms with Crippen molar-refractivity contribution >= 4 is 11.9 Å². The van der Waals surface area contributed by atoms with Crippen LogP contribution in [0.15, 0.2) is 4.99 Å². The Morgan fingerprint density at radius 2 is 1.96 bits per heavy atom. The second-order valence-electron chi connectivity index (χ2n) is 8.22. The molecule has 1 saturated heterocycles. The van der Waals surface area contributed by atoms with Crippen molar-refractivity contribution in [3.8, 4) is 0 Å². The quantitative estimate of drug-likeness (QED) is 0.510. The minimum absolute atomic E-state index is 0.237. The number of nitrogens with zero attached hydrogens (tertiary/aromatic N) is 3. The van der Waals surface area contributed by atoms with Gasteiger partial charge >= 0.3 is 0 Å². The van der Waals surface area contributed by atoms with Crippen molar-refractivity contribution in [3.05, 3.63) is 0 Å². The Morgan fingerprint density at radius 3 is 2.58 bits per heavy atom. The number of likely N-dealkylation sites (tertiary alicyclic amines) is 1. The summed E-state index contributed by atoms with van der Waals surface area (Å²) < 4.78 is 0. The molecule has 150 valence electrons.